The molecule has 6 rings (SSSR count). The lowest BCUT2D eigenvalue weighted by Gasteiger charge is -2.40. The minimum Gasteiger partial charge on any atom is -0.379 e. The second-order valence-corrected chi connectivity index (χ2v) is 11.5. The molecule has 1 fully saturated rings. The number of rotatable bonds is 4. The molecule has 11 heteroatoms. The summed E-state index contributed by atoms with van der Waals surface area (Å²) in [6, 6.07) is 5.09. The van der Waals surface area contributed by atoms with Crippen molar-refractivity contribution < 1.29 is 16.3 Å². The number of carbonyl (C=O) groups is 1. The number of nitrogens with one attached hydrogen (secondary N) is 1. The van der Waals surface area contributed by atoms with E-state index in [0.717, 1.165) is 6.07 Å². The first-order valence-corrected chi connectivity index (χ1v) is 14.3. The van der Waals surface area contributed by atoms with Crippen molar-refractivity contribution in [3.05, 3.63) is 87.1 Å². The fourth-order valence-electron chi connectivity index (χ4n) is 6.05. The quantitative estimate of drug-likeness (QED) is 0.289. The van der Waals surface area contributed by atoms with Gasteiger partial charge in [-0.3, -0.25) is 14.3 Å². The van der Waals surface area contributed by atoms with Crippen LogP contribution in [0.5, 0.6) is 0 Å². The van der Waals surface area contributed by atoms with E-state index in [2.05, 4.69) is 21.9 Å². The van der Waals surface area contributed by atoms with Crippen LogP contribution in [0.2, 0.25) is 5.02 Å². The zero-order chi connectivity index (χ0) is 32.5. The zero-order valence-corrected chi connectivity index (χ0v) is 24.9. The predicted octanol–water partition coefficient (Wildman–Crippen LogP) is 5.96. The van der Waals surface area contributed by atoms with Crippen LogP contribution in [0.3, 0.4) is 0 Å². The lowest BCUT2D eigenvalue weighted by molar-refractivity contribution is -0.126. The highest BCUT2D eigenvalue weighted by molar-refractivity contribution is 6.36. The Morgan fingerprint density at radius 2 is 2.02 bits per heavy atom. The second-order valence-electron chi connectivity index (χ2n) is 11.1. The van der Waals surface area contributed by atoms with Gasteiger partial charge >= 0.3 is 5.69 Å². The van der Waals surface area contributed by atoms with E-state index in [1.807, 2.05) is 32.6 Å². The van der Waals surface area contributed by atoms with Crippen molar-refractivity contribution in [2.24, 2.45) is 0 Å². The van der Waals surface area contributed by atoms with Gasteiger partial charge in [-0.1, -0.05) is 38.1 Å². The molecule has 4 heterocycles. The maximum Gasteiger partial charge on any atom is 0.354 e. The lowest BCUT2D eigenvalue weighted by Crippen LogP contribution is -2.54. The summed E-state index contributed by atoms with van der Waals surface area (Å²) in [6.07, 6.45) is 2.90. The summed E-state index contributed by atoms with van der Waals surface area (Å²) in [5.74, 6) is -2.46. The van der Waals surface area contributed by atoms with Gasteiger partial charge in [-0.2, -0.15) is 4.98 Å². The Hall–Kier alpha value is -4.31. The molecule has 0 spiro atoms. The Morgan fingerprint density at radius 1 is 1.26 bits per heavy atom. The SMILES string of the molecule is [2H]C1([2H])Nc2c(c(Cl)cc3c(N4CCN(C(=O)C=C)C[C@@H]4C)nc(=O)n(-c4c(C)ccnc4C(C)C)c23)-c2c1ccc(F)c2F. The number of benzene rings is 2. The maximum absolute atomic E-state index is 15.6. The summed E-state index contributed by atoms with van der Waals surface area (Å²) < 4.78 is 49.4. The summed E-state index contributed by atoms with van der Waals surface area (Å²) >= 11 is 6.89. The van der Waals surface area contributed by atoms with Crippen LogP contribution in [0, 0.1) is 18.6 Å². The third kappa shape index (κ3) is 4.55. The molecule has 2 aromatic carbocycles. The predicted molar refractivity (Wildman–Crippen MR) is 165 cm³/mol. The van der Waals surface area contributed by atoms with Crippen molar-refractivity contribution in [2.45, 2.75) is 46.2 Å². The molecule has 43 heavy (non-hydrogen) atoms. The standard InChI is InChI=1S/C32H31ClF2N6O2/c1-6-23(42)39-11-12-40(18(5)15-39)31-20-13-21(33)25-24-19(7-8-22(34)26(24)35)14-37-28(25)30(20)41(32(43)38-31)29-17(4)9-10-36-27(29)16(2)3/h6-10,13,16,18,37H,1,11-12,14-15H2,2-5H3/t18-/m0/s1/i14D2. The number of halogens is 3. The van der Waals surface area contributed by atoms with E-state index in [-0.39, 0.29) is 56.6 Å². The van der Waals surface area contributed by atoms with E-state index < -0.39 is 23.8 Å². The highest BCUT2D eigenvalue weighted by Gasteiger charge is 2.33. The summed E-state index contributed by atoms with van der Waals surface area (Å²) in [5.41, 5.74) is 0.862. The molecule has 1 saturated heterocycles. The number of amides is 1. The van der Waals surface area contributed by atoms with Gasteiger partial charge in [0.25, 0.3) is 0 Å². The molecule has 0 bridgehead atoms. The molecule has 1 atom stereocenters. The average molecular weight is 607 g/mol. The van der Waals surface area contributed by atoms with Gasteiger partial charge in [0.05, 0.1) is 30.3 Å². The largest absolute Gasteiger partial charge is 0.379 e. The minimum atomic E-state index is -2.37. The third-order valence-electron chi connectivity index (χ3n) is 8.09. The zero-order valence-electron chi connectivity index (χ0n) is 26.1. The minimum absolute atomic E-state index is 0.0135. The molecule has 0 saturated carbocycles. The maximum atomic E-state index is 15.6. The summed E-state index contributed by atoms with van der Waals surface area (Å²) in [4.78, 5) is 39.3. The molecule has 8 nitrogen and oxygen atoms in total. The molecule has 222 valence electrons. The normalized spacial score (nSPS) is 18.1. The number of piperazine rings is 1. The van der Waals surface area contributed by atoms with Crippen molar-refractivity contribution in [1.82, 2.24) is 19.4 Å². The van der Waals surface area contributed by atoms with Crippen LogP contribution in [0.4, 0.5) is 20.3 Å². The Bertz CT molecular complexity index is 1980. The number of aryl methyl sites for hydroxylation is 1. The second kappa shape index (κ2) is 10.8. The lowest BCUT2D eigenvalue weighted by atomic mass is 9.92. The molecule has 0 radical (unpaired) electrons. The Balaban J connectivity index is 1.75. The van der Waals surface area contributed by atoms with Gasteiger partial charge in [0, 0.05) is 54.9 Å². The van der Waals surface area contributed by atoms with E-state index in [0.29, 0.717) is 42.0 Å². The van der Waals surface area contributed by atoms with Gasteiger partial charge in [-0.05, 0) is 55.2 Å². The summed E-state index contributed by atoms with van der Waals surface area (Å²) in [7, 11) is 0. The number of carbonyl (C=O) groups excluding carboxylic acids is 1. The van der Waals surface area contributed by atoms with E-state index >= 15 is 4.39 Å². The highest BCUT2D eigenvalue weighted by atomic mass is 35.5. The number of pyridine rings is 1. The molecule has 2 aromatic heterocycles. The number of anilines is 2. The number of hydrogen-bond acceptors (Lipinski definition) is 6. The van der Waals surface area contributed by atoms with Crippen molar-refractivity contribution in [3.8, 4) is 16.8 Å². The summed E-state index contributed by atoms with van der Waals surface area (Å²) in [5, 5.41) is 3.27. The van der Waals surface area contributed by atoms with Gasteiger partial charge in [0.1, 0.15) is 5.82 Å². The van der Waals surface area contributed by atoms with Gasteiger partial charge in [0.2, 0.25) is 5.91 Å². The van der Waals surface area contributed by atoms with Gasteiger partial charge in [-0.15, -0.1) is 0 Å². The van der Waals surface area contributed by atoms with Crippen molar-refractivity contribution in [1.29, 1.82) is 0 Å². The molecule has 1 N–H and O–H groups in total. The molecule has 2 aliphatic heterocycles. The van der Waals surface area contributed by atoms with E-state index in [4.69, 9.17) is 14.3 Å². The first kappa shape index (κ1) is 26.3. The van der Waals surface area contributed by atoms with Crippen molar-refractivity contribution >= 4 is 39.9 Å². The first-order chi connectivity index (χ1) is 21.3. The molecule has 0 unspecified atom stereocenters. The smallest absolute Gasteiger partial charge is 0.354 e. The molecule has 0 aliphatic carbocycles. The molecule has 1 amide bonds. The van der Waals surface area contributed by atoms with Crippen LogP contribution in [0.15, 0.2) is 47.9 Å². The van der Waals surface area contributed by atoms with Crippen LogP contribution >= 0.6 is 11.6 Å². The Morgan fingerprint density at radius 3 is 2.72 bits per heavy atom. The highest BCUT2D eigenvalue weighted by Crippen LogP contribution is 2.48. The number of nitrogens with zero attached hydrogens (tertiary/aromatic N) is 5. The first-order valence-electron chi connectivity index (χ1n) is 15.0. The van der Waals surface area contributed by atoms with Crippen LogP contribution in [0.1, 0.15) is 46.3 Å². The van der Waals surface area contributed by atoms with Crippen LogP contribution in [-0.2, 0) is 11.3 Å². The van der Waals surface area contributed by atoms with Crippen LogP contribution < -0.4 is 15.9 Å². The average Bonchev–Trinajstić information content (AvgIpc) is 2.98. The van der Waals surface area contributed by atoms with E-state index in [1.54, 1.807) is 23.2 Å². The number of hydrogen-bond donors (Lipinski definition) is 1. The third-order valence-corrected chi connectivity index (χ3v) is 8.38. The van der Waals surface area contributed by atoms with Crippen LogP contribution in [-0.4, -0.2) is 51.0 Å². The van der Waals surface area contributed by atoms with Gasteiger partial charge < -0.3 is 15.1 Å². The molecular formula is C32H31ClF2N6O2. The fourth-order valence-corrected chi connectivity index (χ4v) is 6.34. The monoisotopic (exact) mass is 606 g/mol. The van der Waals surface area contributed by atoms with Crippen LogP contribution in [0.25, 0.3) is 27.7 Å². The van der Waals surface area contributed by atoms with Crippen molar-refractivity contribution in [3.63, 3.8) is 0 Å². The van der Waals surface area contributed by atoms with E-state index in [1.165, 1.54) is 16.7 Å². The fraction of sp³-hybridized carbons (Fsp3) is 0.312. The Kier molecular flexibility index (Phi) is 6.58. The number of fused-ring (bicyclic) bond motifs is 5. The Labute approximate surface area is 255 Å². The summed E-state index contributed by atoms with van der Waals surface area (Å²) in [6.45, 7) is 9.82. The molecule has 2 aliphatic rings. The van der Waals surface area contributed by atoms with E-state index in [9.17, 15) is 14.0 Å². The van der Waals surface area contributed by atoms with Gasteiger partial charge in [0.15, 0.2) is 11.6 Å². The molecular weight excluding hydrogens is 574 g/mol. The van der Waals surface area contributed by atoms with Gasteiger partial charge in [-0.25, -0.2) is 13.6 Å². The van der Waals surface area contributed by atoms with Crippen molar-refractivity contribution in [2.75, 3.05) is 29.9 Å². The topological polar surface area (TPSA) is 83.4 Å². The molecule has 4 aromatic rings. The number of aromatic nitrogens is 3.